The topological polar surface area (TPSA) is 104 Å². The molecule has 0 radical (unpaired) electrons. The Morgan fingerprint density at radius 3 is 1.94 bits per heavy atom. The quantitative estimate of drug-likeness (QED) is 0.174. The number of benzene rings is 3. The maximum absolute atomic E-state index is 5.68. The summed E-state index contributed by atoms with van der Waals surface area (Å²) in [5.41, 5.74) is 7.67. The molecule has 2 saturated heterocycles. The van der Waals surface area contributed by atoms with Crippen molar-refractivity contribution >= 4 is 23.4 Å². The van der Waals surface area contributed by atoms with E-state index in [1.807, 2.05) is 36.7 Å². The zero-order valence-electron chi connectivity index (χ0n) is 31.3. The first-order valence-electron chi connectivity index (χ1n) is 19.0. The number of morpholine rings is 1. The van der Waals surface area contributed by atoms with E-state index in [1.165, 1.54) is 5.56 Å². The zero-order chi connectivity index (χ0) is 36.7. The maximum atomic E-state index is 5.68. The molecule has 0 spiro atoms. The Labute approximate surface area is 317 Å². The van der Waals surface area contributed by atoms with E-state index in [0.29, 0.717) is 32.3 Å². The number of nitrogens with one attached hydrogen (secondary N) is 1. The number of hydrogen-bond acceptors (Lipinski definition) is 12. The molecule has 280 valence electrons. The number of ether oxygens (including phenoxy) is 3. The van der Waals surface area contributed by atoms with Gasteiger partial charge in [0.15, 0.2) is 0 Å². The van der Waals surface area contributed by atoms with E-state index in [-0.39, 0.29) is 0 Å². The number of piperazine rings is 1. The SMILES string of the molecule is COc1ccc(CN(Cc2ccc(OC)cc2)c2ncc(-c3nc(N4CCOCC4)nc4c3CCN4c3ccc(CCN4CCNCC4)cc3)cn2)cc1. The summed E-state index contributed by atoms with van der Waals surface area (Å²) in [6.45, 7) is 10.4. The third kappa shape index (κ3) is 8.25. The highest BCUT2D eigenvalue weighted by atomic mass is 16.5. The third-order valence-corrected chi connectivity index (χ3v) is 10.5. The van der Waals surface area contributed by atoms with Crippen LogP contribution in [0.4, 0.5) is 23.4 Å². The molecule has 1 N–H and O–H groups in total. The van der Waals surface area contributed by atoms with Crippen LogP contribution in [0.1, 0.15) is 22.3 Å². The van der Waals surface area contributed by atoms with Gasteiger partial charge in [0.2, 0.25) is 11.9 Å². The maximum Gasteiger partial charge on any atom is 0.228 e. The Hall–Kier alpha value is -5.30. The van der Waals surface area contributed by atoms with Gasteiger partial charge in [-0.2, -0.15) is 4.98 Å². The molecule has 0 unspecified atom stereocenters. The van der Waals surface area contributed by atoms with E-state index in [9.17, 15) is 0 Å². The lowest BCUT2D eigenvalue weighted by molar-refractivity contribution is 0.122. The van der Waals surface area contributed by atoms with E-state index < -0.39 is 0 Å². The molecular formula is C42H49N9O3. The smallest absolute Gasteiger partial charge is 0.228 e. The molecule has 2 aromatic heterocycles. The van der Waals surface area contributed by atoms with E-state index >= 15 is 0 Å². The Morgan fingerprint density at radius 2 is 1.33 bits per heavy atom. The summed E-state index contributed by atoms with van der Waals surface area (Å²) in [6, 6.07) is 25.3. The number of anilines is 4. The first-order valence-corrected chi connectivity index (χ1v) is 19.0. The van der Waals surface area contributed by atoms with Gasteiger partial charge in [-0.3, -0.25) is 0 Å². The zero-order valence-corrected chi connectivity index (χ0v) is 31.3. The van der Waals surface area contributed by atoms with Crippen LogP contribution in [-0.2, 0) is 30.7 Å². The second kappa shape index (κ2) is 16.8. The highest BCUT2D eigenvalue weighted by Crippen LogP contribution is 2.39. The summed E-state index contributed by atoms with van der Waals surface area (Å²) in [4.78, 5) is 29.6. The highest BCUT2D eigenvalue weighted by Gasteiger charge is 2.29. The number of methoxy groups -OCH3 is 2. The Morgan fingerprint density at radius 1 is 0.722 bits per heavy atom. The van der Waals surface area contributed by atoms with Crippen LogP contribution in [0.3, 0.4) is 0 Å². The lowest BCUT2D eigenvalue weighted by Gasteiger charge is -2.28. The second-order valence-electron chi connectivity index (χ2n) is 14.0. The third-order valence-electron chi connectivity index (χ3n) is 10.5. The molecule has 0 amide bonds. The average Bonchev–Trinajstić information content (AvgIpc) is 3.68. The fourth-order valence-corrected chi connectivity index (χ4v) is 7.41. The van der Waals surface area contributed by atoms with Crippen LogP contribution in [0.25, 0.3) is 11.3 Å². The van der Waals surface area contributed by atoms with Gasteiger partial charge in [-0.05, 0) is 65.9 Å². The van der Waals surface area contributed by atoms with E-state index in [1.54, 1.807) is 14.2 Å². The van der Waals surface area contributed by atoms with Crippen LogP contribution in [0.15, 0.2) is 85.2 Å². The first kappa shape index (κ1) is 35.7. The number of nitrogens with zero attached hydrogens (tertiary/aromatic N) is 8. The van der Waals surface area contributed by atoms with E-state index in [0.717, 1.165) is 122 Å². The molecule has 0 atom stereocenters. The van der Waals surface area contributed by atoms with Crippen LogP contribution in [0, 0.1) is 0 Å². The standard InChI is InChI=1S/C42H49N9O3/c1-52-36-11-5-32(6-12-36)29-50(30-33-7-13-37(53-2)14-8-33)41-44-27-34(28-45-41)39-38-16-20-51(40(38)47-42(46-39)49-23-25-54-26-24-49)35-9-3-31(4-10-35)15-19-48-21-17-43-18-22-48/h3-14,27-28,43H,15-26,29-30H2,1-2H3. The van der Waals surface area contributed by atoms with Gasteiger partial charge in [0, 0.05) is 94.7 Å². The first-order chi connectivity index (χ1) is 26.6. The molecule has 0 bridgehead atoms. The van der Waals surface area contributed by atoms with Crippen molar-refractivity contribution in [3.05, 3.63) is 107 Å². The second-order valence-corrected chi connectivity index (χ2v) is 14.0. The monoisotopic (exact) mass is 727 g/mol. The van der Waals surface area contributed by atoms with Gasteiger partial charge in [-0.25, -0.2) is 15.0 Å². The van der Waals surface area contributed by atoms with Crippen LogP contribution >= 0.6 is 0 Å². The molecule has 5 heterocycles. The minimum atomic E-state index is 0.628. The van der Waals surface area contributed by atoms with Crippen molar-refractivity contribution in [3.63, 3.8) is 0 Å². The van der Waals surface area contributed by atoms with Crippen molar-refractivity contribution in [3.8, 4) is 22.8 Å². The largest absolute Gasteiger partial charge is 0.497 e. The van der Waals surface area contributed by atoms with Gasteiger partial charge in [-0.15, -0.1) is 0 Å². The van der Waals surface area contributed by atoms with Crippen LogP contribution < -0.4 is 29.5 Å². The normalized spacial score (nSPS) is 16.0. The molecule has 54 heavy (non-hydrogen) atoms. The molecule has 3 aliphatic rings. The minimum absolute atomic E-state index is 0.628. The predicted molar refractivity (Wildman–Crippen MR) is 212 cm³/mol. The molecule has 2 fully saturated rings. The number of rotatable bonds is 13. The lowest BCUT2D eigenvalue weighted by Crippen LogP contribution is -2.44. The van der Waals surface area contributed by atoms with Crippen LogP contribution in [-0.4, -0.2) is 105 Å². The van der Waals surface area contributed by atoms with Gasteiger partial charge < -0.3 is 39.1 Å². The van der Waals surface area contributed by atoms with Gasteiger partial charge in [0.05, 0.1) is 33.1 Å². The van der Waals surface area contributed by atoms with Crippen molar-refractivity contribution in [2.75, 3.05) is 94.5 Å². The summed E-state index contributed by atoms with van der Waals surface area (Å²) in [7, 11) is 3.37. The van der Waals surface area contributed by atoms with Crippen molar-refractivity contribution in [2.45, 2.75) is 25.9 Å². The van der Waals surface area contributed by atoms with Crippen molar-refractivity contribution in [1.82, 2.24) is 30.2 Å². The highest BCUT2D eigenvalue weighted by molar-refractivity contribution is 5.76. The van der Waals surface area contributed by atoms with E-state index in [4.69, 9.17) is 34.1 Å². The van der Waals surface area contributed by atoms with Crippen molar-refractivity contribution in [1.29, 1.82) is 0 Å². The molecular weight excluding hydrogens is 679 g/mol. The fourth-order valence-electron chi connectivity index (χ4n) is 7.41. The van der Waals surface area contributed by atoms with E-state index in [2.05, 4.69) is 73.4 Å². The van der Waals surface area contributed by atoms with Crippen LogP contribution in [0.2, 0.25) is 0 Å². The average molecular weight is 728 g/mol. The van der Waals surface area contributed by atoms with Crippen LogP contribution in [0.5, 0.6) is 11.5 Å². The Kier molecular flexibility index (Phi) is 11.1. The Bertz CT molecular complexity index is 1910. The van der Waals surface area contributed by atoms with Gasteiger partial charge >= 0.3 is 0 Å². The van der Waals surface area contributed by atoms with Crippen molar-refractivity contribution < 1.29 is 14.2 Å². The molecule has 12 heteroatoms. The fraction of sp³-hybridized carbons (Fsp3) is 0.381. The summed E-state index contributed by atoms with van der Waals surface area (Å²) < 4.78 is 16.5. The summed E-state index contributed by atoms with van der Waals surface area (Å²) in [5.74, 6) is 3.97. The van der Waals surface area contributed by atoms with Gasteiger partial charge in [-0.1, -0.05) is 36.4 Å². The summed E-state index contributed by atoms with van der Waals surface area (Å²) in [6.07, 6.45) is 5.72. The molecule has 5 aromatic rings. The number of hydrogen-bond donors (Lipinski definition) is 1. The summed E-state index contributed by atoms with van der Waals surface area (Å²) in [5, 5.41) is 3.45. The number of fused-ring (bicyclic) bond motifs is 1. The minimum Gasteiger partial charge on any atom is -0.497 e. The molecule has 8 rings (SSSR count). The summed E-state index contributed by atoms with van der Waals surface area (Å²) >= 11 is 0. The van der Waals surface area contributed by atoms with Gasteiger partial charge in [0.25, 0.3) is 0 Å². The van der Waals surface area contributed by atoms with Crippen molar-refractivity contribution in [2.24, 2.45) is 0 Å². The number of aromatic nitrogens is 4. The molecule has 0 saturated carbocycles. The Balaban J connectivity index is 1.07. The molecule has 12 nitrogen and oxygen atoms in total. The molecule has 0 aliphatic carbocycles. The lowest BCUT2D eigenvalue weighted by atomic mass is 10.1. The predicted octanol–water partition coefficient (Wildman–Crippen LogP) is 5.14. The molecule has 3 aliphatic heterocycles. The van der Waals surface area contributed by atoms with Gasteiger partial charge in [0.1, 0.15) is 17.3 Å². The molecule has 3 aromatic carbocycles.